The van der Waals surface area contributed by atoms with Crippen molar-refractivity contribution in [2.24, 2.45) is 0 Å². The Bertz CT molecular complexity index is 588. The Balaban J connectivity index is 2.11. The minimum Gasteiger partial charge on any atom is -0.489 e. The van der Waals surface area contributed by atoms with Gasteiger partial charge in [-0.2, -0.15) is 0 Å². The lowest BCUT2D eigenvalue weighted by Gasteiger charge is -2.11. The number of ether oxygens (including phenoxy) is 1. The number of hydrogen-bond donors (Lipinski definition) is 2. The number of rotatable bonds is 4. The van der Waals surface area contributed by atoms with Crippen molar-refractivity contribution in [1.82, 2.24) is 0 Å². The molecule has 0 spiro atoms. The average Bonchev–Trinajstić information content (AvgIpc) is 2.36. The zero-order valence-electron chi connectivity index (χ0n) is 12.1. The minimum absolute atomic E-state index is 0.473. The van der Waals surface area contributed by atoms with Crippen LogP contribution in [-0.2, 0) is 6.61 Å². The zero-order valence-corrected chi connectivity index (χ0v) is 12.1. The van der Waals surface area contributed by atoms with Crippen molar-refractivity contribution in [3.63, 3.8) is 0 Å². The number of aryl methyl sites for hydroxylation is 3. The topological polar surface area (TPSA) is 49.7 Å². The summed E-state index contributed by atoms with van der Waals surface area (Å²) in [4.78, 5) is 0. The summed E-state index contributed by atoms with van der Waals surface area (Å²) in [6.45, 7) is 6.53. The quantitative estimate of drug-likeness (QED) is 0.834. The molecule has 0 heterocycles. The predicted octanol–water partition coefficient (Wildman–Crippen LogP) is 1.87. The van der Waals surface area contributed by atoms with Crippen LogP contribution >= 0.6 is 0 Å². The van der Waals surface area contributed by atoms with Crippen LogP contribution in [0.15, 0.2) is 36.4 Å². The van der Waals surface area contributed by atoms with E-state index in [9.17, 15) is 0 Å². The molecule has 2 N–H and O–H groups in total. The van der Waals surface area contributed by atoms with Gasteiger partial charge in [-0.25, -0.2) is 0 Å². The van der Waals surface area contributed by atoms with Crippen molar-refractivity contribution >= 4 is 12.6 Å². The third-order valence-corrected chi connectivity index (χ3v) is 3.17. The van der Waals surface area contributed by atoms with Crippen molar-refractivity contribution in [1.29, 1.82) is 0 Å². The fourth-order valence-corrected chi connectivity index (χ4v) is 2.31. The molecule has 20 heavy (non-hydrogen) atoms. The van der Waals surface area contributed by atoms with Gasteiger partial charge in [0, 0.05) is 0 Å². The molecular formula is C16H19BO3. The van der Waals surface area contributed by atoms with Crippen LogP contribution in [0, 0.1) is 20.8 Å². The van der Waals surface area contributed by atoms with Gasteiger partial charge in [0.1, 0.15) is 12.4 Å². The van der Waals surface area contributed by atoms with E-state index in [0.717, 1.165) is 16.9 Å². The maximum absolute atomic E-state index is 9.12. The highest BCUT2D eigenvalue weighted by Crippen LogP contribution is 2.18. The van der Waals surface area contributed by atoms with Crippen molar-refractivity contribution < 1.29 is 14.8 Å². The van der Waals surface area contributed by atoms with Crippen LogP contribution in [0.3, 0.4) is 0 Å². The van der Waals surface area contributed by atoms with Crippen LogP contribution < -0.4 is 10.2 Å². The van der Waals surface area contributed by atoms with Gasteiger partial charge in [-0.1, -0.05) is 41.5 Å². The van der Waals surface area contributed by atoms with Gasteiger partial charge in [0.2, 0.25) is 0 Å². The first-order chi connectivity index (χ1) is 9.45. The number of hydrogen-bond acceptors (Lipinski definition) is 3. The van der Waals surface area contributed by atoms with Gasteiger partial charge in [0.05, 0.1) is 0 Å². The molecule has 3 nitrogen and oxygen atoms in total. The summed E-state index contributed by atoms with van der Waals surface area (Å²) < 4.78 is 5.80. The van der Waals surface area contributed by atoms with Crippen molar-refractivity contribution in [3.05, 3.63) is 58.7 Å². The highest BCUT2D eigenvalue weighted by Gasteiger charge is 2.12. The maximum Gasteiger partial charge on any atom is 0.488 e. The molecule has 0 radical (unpaired) electrons. The molecule has 0 saturated carbocycles. The molecule has 2 rings (SSSR count). The largest absolute Gasteiger partial charge is 0.489 e. The lowest BCUT2D eigenvalue weighted by atomic mass is 9.79. The van der Waals surface area contributed by atoms with Gasteiger partial charge >= 0.3 is 7.12 Å². The van der Waals surface area contributed by atoms with Gasteiger partial charge < -0.3 is 14.8 Å². The third-order valence-electron chi connectivity index (χ3n) is 3.17. The second kappa shape index (κ2) is 6.12. The SMILES string of the molecule is Cc1cc(C)cc(COc2ccc(B(O)O)cc2C)c1. The summed E-state index contributed by atoms with van der Waals surface area (Å²) in [6.07, 6.45) is 0. The first-order valence-electron chi connectivity index (χ1n) is 6.62. The summed E-state index contributed by atoms with van der Waals surface area (Å²) in [5.41, 5.74) is 4.94. The number of benzene rings is 2. The molecule has 0 aliphatic carbocycles. The fraction of sp³-hybridized carbons (Fsp3) is 0.250. The highest BCUT2D eigenvalue weighted by molar-refractivity contribution is 6.58. The average molecular weight is 270 g/mol. The molecule has 4 heteroatoms. The molecule has 2 aromatic carbocycles. The van der Waals surface area contributed by atoms with Crippen LogP contribution in [0.1, 0.15) is 22.3 Å². The Labute approximate surface area is 120 Å². The van der Waals surface area contributed by atoms with E-state index < -0.39 is 7.12 Å². The molecule has 0 fully saturated rings. The zero-order chi connectivity index (χ0) is 14.7. The summed E-state index contributed by atoms with van der Waals surface area (Å²) in [6, 6.07) is 11.5. The molecule has 0 aliphatic rings. The first-order valence-corrected chi connectivity index (χ1v) is 6.62. The van der Waals surface area contributed by atoms with Crippen LogP contribution in [0.2, 0.25) is 0 Å². The summed E-state index contributed by atoms with van der Waals surface area (Å²) in [7, 11) is -1.44. The van der Waals surface area contributed by atoms with Crippen molar-refractivity contribution in [3.8, 4) is 5.75 Å². The Hall–Kier alpha value is -1.78. The summed E-state index contributed by atoms with van der Waals surface area (Å²) >= 11 is 0. The Morgan fingerprint density at radius 1 is 0.950 bits per heavy atom. The molecule has 0 saturated heterocycles. The summed E-state index contributed by atoms with van der Waals surface area (Å²) in [5, 5.41) is 18.2. The smallest absolute Gasteiger partial charge is 0.488 e. The second-order valence-electron chi connectivity index (χ2n) is 5.18. The molecule has 0 atom stereocenters. The predicted molar refractivity (Wildman–Crippen MR) is 81.3 cm³/mol. The van der Waals surface area contributed by atoms with Crippen LogP contribution in [0.4, 0.5) is 0 Å². The normalized spacial score (nSPS) is 10.4. The molecule has 0 bridgehead atoms. The lowest BCUT2D eigenvalue weighted by Crippen LogP contribution is -2.29. The van der Waals surface area contributed by atoms with E-state index in [1.165, 1.54) is 11.1 Å². The lowest BCUT2D eigenvalue weighted by molar-refractivity contribution is 0.304. The van der Waals surface area contributed by atoms with Gasteiger partial charge in [0.25, 0.3) is 0 Å². The first kappa shape index (κ1) is 14.6. The standard InChI is InChI=1S/C16H19BO3/c1-11-6-12(2)8-14(7-11)10-20-16-5-4-15(17(18)19)9-13(16)3/h4-9,18-19H,10H2,1-3H3. The Kier molecular flexibility index (Phi) is 4.48. The van der Waals surface area contributed by atoms with E-state index in [4.69, 9.17) is 14.8 Å². The second-order valence-corrected chi connectivity index (χ2v) is 5.18. The molecule has 104 valence electrons. The molecule has 0 unspecified atom stereocenters. The molecule has 0 aliphatic heterocycles. The molecule has 0 aromatic heterocycles. The van der Waals surface area contributed by atoms with E-state index in [1.807, 2.05) is 6.92 Å². The highest BCUT2D eigenvalue weighted by atomic mass is 16.5. The van der Waals surface area contributed by atoms with Gasteiger partial charge in [-0.3, -0.25) is 0 Å². The van der Waals surface area contributed by atoms with Crippen molar-refractivity contribution in [2.75, 3.05) is 0 Å². The monoisotopic (exact) mass is 270 g/mol. The van der Waals surface area contributed by atoms with Crippen LogP contribution in [-0.4, -0.2) is 17.2 Å². The molecule has 0 amide bonds. The Morgan fingerprint density at radius 3 is 2.15 bits per heavy atom. The summed E-state index contributed by atoms with van der Waals surface area (Å²) in [5.74, 6) is 0.758. The van der Waals surface area contributed by atoms with E-state index in [0.29, 0.717) is 12.1 Å². The van der Waals surface area contributed by atoms with Crippen LogP contribution in [0.5, 0.6) is 5.75 Å². The Morgan fingerprint density at radius 2 is 1.60 bits per heavy atom. The minimum atomic E-state index is -1.44. The third kappa shape index (κ3) is 3.62. The van der Waals surface area contributed by atoms with E-state index in [2.05, 4.69) is 32.0 Å². The maximum atomic E-state index is 9.12. The van der Waals surface area contributed by atoms with Crippen molar-refractivity contribution in [2.45, 2.75) is 27.4 Å². The van der Waals surface area contributed by atoms with Gasteiger partial charge in [0.15, 0.2) is 0 Å². The van der Waals surface area contributed by atoms with E-state index in [1.54, 1.807) is 18.2 Å². The van der Waals surface area contributed by atoms with E-state index in [-0.39, 0.29) is 0 Å². The molecular weight excluding hydrogens is 251 g/mol. The van der Waals surface area contributed by atoms with Crippen LogP contribution in [0.25, 0.3) is 0 Å². The van der Waals surface area contributed by atoms with Gasteiger partial charge in [-0.15, -0.1) is 0 Å². The fourth-order valence-electron chi connectivity index (χ4n) is 2.31. The molecule has 2 aromatic rings. The van der Waals surface area contributed by atoms with E-state index >= 15 is 0 Å². The van der Waals surface area contributed by atoms with Gasteiger partial charge in [-0.05, 0) is 43.4 Å².